The maximum Gasteiger partial charge on any atom is 0.227 e. The molecule has 0 unspecified atom stereocenters. The van der Waals surface area contributed by atoms with Gasteiger partial charge >= 0.3 is 0 Å². The predicted octanol–water partition coefficient (Wildman–Crippen LogP) is 3.93. The van der Waals surface area contributed by atoms with Crippen LogP contribution in [-0.2, 0) is 17.9 Å². The van der Waals surface area contributed by atoms with Crippen LogP contribution in [0.1, 0.15) is 29.8 Å². The number of halogens is 2. The molecule has 0 bridgehead atoms. The molecule has 0 aliphatic carbocycles. The lowest BCUT2D eigenvalue weighted by Gasteiger charge is -2.16. The van der Waals surface area contributed by atoms with Gasteiger partial charge in [-0.25, -0.2) is 9.37 Å². The van der Waals surface area contributed by atoms with E-state index in [-0.39, 0.29) is 35.7 Å². The molecule has 0 spiro atoms. The van der Waals surface area contributed by atoms with Gasteiger partial charge in [-0.3, -0.25) is 9.79 Å². The second-order valence-electron chi connectivity index (χ2n) is 7.72. The van der Waals surface area contributed by atoms with Gasteiger partial charge in [0.25, 0.3) is 0 Å². The molecule has 174 valence electrons. The summed E-state index contributed by atoms with van der Waals surface area (Å²) in [6.45, 7) is 3.65. The predicted molar refractivity (Wildman–Crippen MR) is 139 cm³/mol. The number of nitrogens with zero attached hydrogens (tertiary/aromatic N) is 4. The van der Waals surface area contributed by atoms with Crippen molar-refractivity contribution in [2.75, 3.05) is 18.5 Å². The van der Waals surface area contributed by atoms with Gasteiger partial charge in [0.2, 0.25) is 5.91 Å². The minimum Gasteiger partial charge on any atom is -0.352 e. The minimum absolute atomic E-state index is 0. The highest BCUT2D eigenvalue weighted by Crippen LogP contribution is 2.21. The Morgan fingerprint density at radius 3 is 2.39 bits per heavy atom. The molecule has 33 heavy (non-hydrogen) atoms. The Hall–Kier alpha value is -2.95. The number of aryl methyl sites for hydroxylation is 1. The molecule has 1 aliphatic heterocycles. The number of carbonyl (C=O) groups is 1. The van der Waals surface area contributed by atoms with Gasteiger partial charge in [-0.2, -0.15) is 0 Å². The molecular formula is C24H28FIN6O. The molecule has 0 radical (unpaired) electrons. The van der Waals surface area contributed by atoms with E-state index in [0.29, 0.717) is 31.2 Å². The van der Waals surface area contributed by atoms with E-state index >= 15 is 0 Å². The molecule has 0 atom stereocenters. The summed E-state index contributed by atoms with van der Waals surface area (Å²) < 4.78 is 16.3. The van der Waals surface area contributed by atoms with Crippen molar-refractivity contribution in [3.63, 3.8) is 0 Å². The molecular weight excluding hydrogens is 534 g/mol. The van der Waals surface area contributed by atoms with Crippen LogP contribution in [0.25, 0.3) is 5.69 Å². The molecule has 1 saturated heterocycles. The van der Waals surface area contributed by atoms with Crippen molar-refractivity contribution < 1.29 is 9.18 Å². The monoisotopic (exact) mass is 562 g/mol. The molecule has 2 N–H and O–H groups in total. The van der Waals surface area contributed by atoms with Crippen LogP contribution in [0.2, 0.25) is 0 Å². The number of guanidine groups is 1. The SMILES string of the molecule is CN=C(NCc1ccc(N2CCCC2=O)cc1)NCc1ccc(-n2ccnc2C)c(F)c1.I. The third-order valence-electron chi connectivity index (χ3n) is 5.56. The van der Waals surface area contributed by atoms with E-state index in [9.17, 15) is 9.18 Å². The Morgan fingerprint density at radius 2 is 1.82 bits per heavy atom. The zero-order chi connectivity index (χ0) is 22.5. The average molecular weight is 562 g/mol. The molecule has 3 aromatic rings. The number of aliphatic imine (C=N–C) groups is 1. The summed E-state index contributed by atoms with van der Waals surface area (Å²) >= 11 is 0. The third kappa shape index (κ3) is 5.89. The maximum absolute atomic E-state index is 14.6. The Bertz CT molecular complexity index is 1130. The largest absolute Gasteiger partial charge is 0.352 e. The van der Waals surface area contributed by atoms with Gasteiger partial charge in [0.15, 0.2) is 5.96 Å². The number of carbonyl (C=O) groups excluding carboxylic acids is 1. The van der Waals surface area contributed by atoms with Gasteiger partial charge in [-0.15, -0.1) is 24.0 Å². The number of rotatable bonds is 6. The summed E-state index contributed by atoms with van der Waals surface area (Å²) in [6, 6.07) is 13.1. The molecule has 9 heteroatoms. The Kier molecular flexibility index (Phi) is 8.43. The summed E-state index contributed by atoms with van der Waals surface area (Å²) in [4.78, 5) is 22.1. The van der Waals surface area contributed by atoms with Crippen molar-refractivity contribution in [1.29, 1.82) is 0 Å². The molecule has 2 heterocycles. The van der Waals surface area contributed by atoms with Crippen LogP contribution in [0.4, 0.5) is 10.1 Å². The first kappa shape index (κ1) is 24.7. The van der Waals surface area contributed by atoms with Crippen molar-refractivity contribution in [1.82, 2.24) is 20.2 Å². The molecule has 1 aromatic heterocycles. The number of hydrogen-bond donors (Lipinski definition) is 2. The molecule has 2 aromatic carbocycles. The topological polar surface area (TPSA) is 74.6 Å². The summed E-state index contributed by atoms with van der Waals surface area (Å²) in [5.41, 5.74) is 3.31. The Morgan fingerprint density at radius 1 is 1.12 bits per heavy atom. The third-order valence-corrected chi connectivity index (χ3v) is 5.56. The first-order valence-corrected chi connectivity index (χ1v) is 10.7. The second kappa shape index (κ2) is 11.3. The fraction of sp³-hybridized carbons (Fsp3) is 0.292. The van der Waals surface area contributed by atoms with Crippen LogP contribution in [0.5, 0.6) is 0 Å². The zero-order valence-corrected chi connectivity index (χ0v) is 21.0. The second-order valence-corrected chi connectivity index (χ2v) is 7.72. The number of aromatic nitrogens is 2. The van der Waals surface area contributed by atoms with E-state index in [1.54, 1.807) is 30.1 Å². The lowest BCUT2D eigenvalue weighted by atomic mass is 10.2. The normalized spacial score (nSPS) is 13.7. The van der Waals surface area contributed by atoms with Crippen LogP contribution in [0.15, 0.2) is 59.9 Å². The highest BCUT2D eigenvalue weighted by molar-refractivity contribution is 14.0. The Labute approximate surface area is 210 Å². The number of anilines is 1. The van der Waals surface area contributed by atoms with Crippen molar-refractivity contribution in [3.05, 3.63) is 77.6 Å². The van der Waals surface area contributed by atoms with Crippen LogP contribution in [0.3, 0.4) is 0 Å². The van der Waals surface area contributed by atoms with Crippen LogP contribution < -0.4 is 15.5 Å². The average Bonchev–Trinajstić information content (AvgIpc) is 3.42. The fourth-order valence-corrected chi connectivity index (χ4v) is 3.80. The van der Waals surface area contributed by atoms with Gasteiger partial charge in [0.1, 0.15) is 11.6 Å². The fourth-order valence-electron chi connectivity index (χ4n) is 3.80. The van der Waals surface area contributed by atoms with Crippen molar-refractivity contribution >= 4 is 41.5 Å². The van der Waals surface area contributed by atoms with Crippen molar-refractivity contribution in [2.45, 2.75) is 32.9 Å². The van der Waals surface area contributed by atoms with Gasteiger partial charge in [-0.1, -0.05) is 18.2 Å². The van der Waals surface area contributed by atoms with Gasteiger partial charge in [0, 0.05) is 51.2 Å². The first-order valence-electron chi connectivity index (χ1n) is 10.7. The van der Waals surface area contributed by atoms with E-state index in [2.05, 4.69) is 20.6 Å². The summed E-state index contributed by atoms with van der Waals surface area (Å²) in [5.74, 6) is 1.24. The summed E-state index contributed by atoms with van der Waals surface area (Å²) in [6.07, 6.45) is 4.94. The van der Waals surface area contributed by atoms with Gasteiger partial charge < -0.3 is 20.1 Å². The van der Waals surface area contributed by atoms with E-state index < -0.39 is 0 Å². The highest BCUT2D eigenvalue weighted by Gasteiger charge is 2.21. The smallest absolute Gasteiger partial charge is 0.227 e. The number of amides is 1. The molecule has 7 nitrogen and oxygen atoms in total. The van der Waals surface area contributed by atoms with Crippen LogP contribution in [0, 0.1) is 12.7 Å². The lowest BCUT2D eigenvalue weighted by molar-refractivity contribution is -0.117. The number of hydrogen-bond acceptors (Lipinski definition) is 3. The molecule has 1 aliphatic rings. The van der Waals surface area contributed by atoms with E-state index in [4.69, 9.17) is 0 Å². The van der Waals surface area contributed by atoms with Crippen LogP contribution in [-0.4, -0.2) is 35.0 Å². The number of imidazole rings is 1. The lowest BCUT2D eigenvalue weighted by Crippen LogP contribution is -2.36. The van der Waals surface area contributed by atoms with E-state index in [0.717, 1.165) is 35.6 Å². The number of benzene rings is 2. The Balaban J connectivity index is 0.00000306. The summed E-state index contributed by atoms with van der Waals surface area (Å²) in [7, 11) is 1.70. The maximum atomic E-state index is 14.6. The van der Waals surface area contributed by atoms with Crippen LogP contribution >= 0.6 is 24.0 Å². The van der Waals surface area contributed by atoms with Gasteiger partial charge in [0.05, 0.1) is 5.69 Å². The highest BCUT2D eigenvalue weighted by atomic mass is 127. The van der Waals surface area contributed by atoms with E-state index in [1.165, 1.54) is 6.07 Å². The zero-order valence-electron chi connectivity index (χ0n) is 18.7. The summed E-state index contributed by atoms with van der Waals surface area (Å²) in [5, 5.41) is 6.47. The standard InChI is InChI=1S/C24H27FN6O.HI/c1-17-27-11-13-30(17)22-10-7-19(14-21(22)25)16-29-24(26-2)28-15-18-5-8-20(9-6-18)31-12-3-4-23(31)32;/h5-11,13-14H,3-4,12,15-16H2,1-2H3,(H2,26,28,29);1H. The van der Waals surface area contributed by atoms with Crippen molar-refractivity contribution in [2.24, 2.45) is 4.99 Å². The minimum atomic E-state index is -0.301. The van der Waals surface area contributed by atoms with Crippen molar-refractivity contribution in [3.8, 4) is 5.69 Å². The first-order chi connectivity index (χ1) is 15.5. The quantitative estimate of drug-likeness (QED) is 0.272. The van der Waals surface area contributed by atoms with Gasteiger partial charge in [-0.05, 0) is 48.7 Å². The molecule has 0 saturated carbocycles. The molecule has 1 fully saturated rings. The molecule has 4 rings (SSSR count). The molecule has 1 amide bonds. The van der Waals surface area contributed by atoms with E-state index in [1.807, 2.05) is 42.2 Å². The number of nitrogens with one attached hydrogen (secondary N) is 2.